The Bertz CT molecular complexity index is 1250. The maximum absolute atomic E-state index is 15.3. The molecule has 0 aliphatic rings. The van der Waals surface area contributed by atoms with Crippen molar-refractivity contribution in [3.05, 3.63) is 94.6 Å². The number of nitrogen functional groups attached to an aromatic ring is 1. The summed E-state index contributed by atoms with van der Waals surface area (Å²) in [6.45, 7) is 1.45. The van der Waals surface area contributed by atoms with Crippen LogP contribution in [0.25, 0.3) is 0 Å². The average molecular weight is 507 g/mol. The number of ether oxygens (including phenoxy) is 2. The number of rotatable bonds is 9. The zero-order valence-corrected chi connectivity index (χ0v) is 19.0. The molecular weight excluding hydrogens is 485 g/mol. The minimum Gasteiger partial charge on any atom is -0.454 e. The molecule has 1 atom stereocenters. The lowest BCUT2D eigenvalue weighted by Gasteiger charge is -2.20. The van der Waals surface area contributed by atoms with Crippen LogP contribution in [-0.4, -0.2) is 18.3 Å². The standard InChI is InChI=1S/C25H22F5N3O3/c1-2-35-22(24(34)33-13-14-6-8-15(9-7-14)23(31)32)20-18(26)10-11-19(21(20)27)36-17-5-3-4-16(12-17)25(28,29)30/h3-12,22H,2,13H2,1H3,(H3,31,32)(H,33,34)/t22-/m0/s1. The summed E-state index contributed by atoms with van der Waals surface area (Å²) in [6.07, 6.45) is -6.34. The number of carbonyl (C=O) groups is 1. The Morgan fingerprint density at radius 2 is 1.78 bits per heavy atom. The zero-order chi connectivity index (χ0) is 26.5. The van der Waals surface area contributed by atoms with Crippen LogP contribution in [0, 0.1) is 17.0 Å². The summed E-state index contributed by atoms with van der Waals surface area (Å²) in [5.74, 6) is -4.26. The van der Waals surface area contributed by atoms with Crippen molar-refractivity contribution in [1.82, 2.24) is 5.32 Å². The van der Waals surface area contributed by atoms with E-state index in [1.165, 1.54) is 13.0 Å². The van der Waals surface area contributed by atoms with Crippen LogP contribution in [-0.2, 0) is 22.3 Å². The van der Waals surface area contributed by atoms with Crippen LogP contribution in [0.1, 0.15) is 35.3 Å². The molecule has 3 aromatic carbocycles. The van der Waals surface area contributed by atoms with E-state index in [2.05, 4.69) is 5.32 Å². The van der Waals surface area contributed by atoms with Crippen LogP contribution in [0.4, 0.5) is 22.0 Å². The summed E-state index contributed by atoms with van der Waals surface area (Å²) in [4.78, 5) is 12.8. The van der Waals surface area contributed by atoms with Crippen molar-refractivity contribution >= 4 is 11.7 Å². The van der Waals surface area contributed by atoms with Crippen molar-refractivity contribution in [1.29, 1.82) is 5.41 Å². The van der Waals surface area contributed by atoms with Crippen molar-refractivity contribution in [3.63, 3.8) is 0 Å². The third-order valence-corrected chi connectivity index (χ3v) is 5.05. The molecule has 0 saturated heterocycles. The molecule has 3 rings (SSSR count). The monoisotopic (exact) mass is 507 g/mol. The number of nitrogens with one attached hydrogen (secondary N) is 2. The predicted octanol–water partition coefficient (Wildman–Crippen LogP) is 5.45. The maximum Gasteiger partial charge on any atom is 0.416 e. The van der Waals surface area contributed by atoms with E-state index in [1.807, 2.05) is 0 Å². The van der Waals surface area contributed by atoms with E-state index in [1.54, 1.807) is 24.3 Å². The number of amides is 1. The highest BCUT2D eigenvalue weighted by Crippen LogP contribution is 2.35. The number of alkyl halides is 3. The molecule has 36 heavy (non-hydrogen) atoms. The van der Waals surface area contributed by atoms with E-state index >= 15 is 4.39 Å². The summed E-state index contributed by atoms with van der Waals surface area (Å²) >= 11 is 0. The van der Waals surface area contributed by atoms with Gasteiger partial charge in [-0.2, -0.15) is 13.2 Å². The van der Waals surface area contributed by atoms with Gasteiger partial charge in [0.05, 0.1) is 11.1 Å². The molecule has 0 unspecified atom stereocenters. The number of hydrogen-bond acceptors (Lipinski definition) is 4. The second-order valence-electron chi connectivity index (χ2n) is 7.56. The summed E-state index contributed by atoms with van der Waals surface area (Å²) in [5.41, 5.74) is 4.77. The van der Waals surface area contributed by atoms with Crippen LogP contribution in [0.2, 0.25) is 0 Å². The van der Waals surface area contributed by atoms with Crippen LogP contribution in [0.5, 0.6) is 11.5 Å². The Morgan fingerprint density at radius 3 is 2.39 bits per heavy atom. The van der Waals surface area contributed by atoms with Gasteiger partial charge < -0.3 is 20.5 Å². The first-order valence-corrected chi connectivity index (χ1v) is 10.7. The maximum atomic E-state index is 15.3. The SMILES string of the molecule is CCO[C@H](C(=O)NCc1ccc(C(=N)N)cc1)c1c(F)ccc(Oc2cccc(C(F)(F)F)c2)c1F. The van der Waals surface area contributed by atoms with E-state index in [4.69, 9.17) is 20.6 Å². The Hall–Kier alpha value is -3.99. The minimum absolute atomic E-state index is 0.00967. The normalized spacial score (nSPS) is 12.2. The third kappa shape index (κ3) is 6.36. The molecule has 11 heteroatoms. The second kappa shape index (κ2) is 11.2. The number of nitrogens with two attached hydrogens (primary N) is 1. The Morgan fingerprint density at radius 1 is 1.08 bits per heavy atom. The lowest BCUT2D eigenvalue weighted by Crippen LogP contribution is -2.31. The molecule has 0 radical (unpaired) electrons. The summed E-state index contributed by atoms with van der Waals surface area (Å²) in [6, 6.07) is 11.9. The molecule has 0 fully saturated rings. The molecule has 0 aliphatic heterocycles. The van der Waals surface area contributed by atoms with Crippen LogP contribution in [0.15, 0.2) is 60.7 Å². The smallest absolute Gasteiger partial charge is 0.416 e. The molecule has 0 spiro atoms. The summed E-state index contributed by atoms with van der Waals surface area (Å²) in [7, 11) is 0. The lowest BCUT2D eigenvalue weighted by molar-refractivity contribution is -0.137. The van der Waals surface area contributed by atoms with E-state index < -0.39 is 46.7 Å². The molecule has 0 aromatic heterocycles. The van der Waals surface area contributed by atoms with Gasteiger partial charge in [0.25, 0.3) is 5.91 Å². The Labute approximate surface area is 203 Å². The van der Waals surface area contributed by atoms with Gasteiger partial charge in [-0.25, -0.2) is 8.78 Å². The highest BCUT2D eigenvalue weighted by atomic mass is 19.4. The molecule has 190 valence electrons. The molecular formula is C25H22F5N3O3. The largest absolute Gasteiger partial charge is 0.454 e. The summed E-state index contributed by atoms with van der Waals surface area (Å²) < 4.78 is 79.5. The van der Waals surface area contributed by atoms with Crippen LogP contribution in [0.3, 0.4) is 0 Å². The average Bonchev–Trinajstić information content (AvgIpc) is 2.83. The van der Waals surface area contributed by atoms with Gasteiger partial charge in [-0.3, -0.25) is 10.2 Å². The van der Waals surface area contributed by atoms with Crippen molar-refractivity contribution in [2.75, 3.05) is 6.61 Å². The Balaban J connectivity index is 1.84. The van der Waals surface area contributed by atoms with Gasteiger partial charge >= 0.3 is 6.18 Å². The van der Waals surface area contributed by atoms with Crippen LogP contribution >= 0.6 is 0 Å². The van der Waals surface area contributed by atoms with Crippen molar-refractivity contribution in [3.8, 4) is 11.5 Å². The molecule has 0 saturated carbocycles. The highest BCUT2D eigenvalue weighted by Gasteiger charge is 2.32. The zero-order valence-electron chi connectivity index (χ0n) is 19.0. The molecule has 6 nitrogen and oxygen atoms in total. The molecule has 0 bridgehead atoms. The molecule has 1 amide bonds. The number of amidine groups is 1. The van der Waals surface area contributed by atoms with Gasteiger partial charge in [0, 0.05) is 18.7 Å². The molecule has 3 aromatic rings. The van der Waals surface area contributed by atoms with Crippen LogP contribution < -0.4 is 15.8 Å². The topological polar surface area (TPSA) is 97.4 Å². The highest BCUT2D eigenvalue weighted by molar-refractivity contribution is 5.94. The van der Waals surface area contributed by atoms with Gasteiger partial charge in [-0.05, 0) is 42.8 Å². The number of halogens is 5. The van der Waals surface area contributed by atoms with Crippen molar-refractivity contribution in [2.45, 2.75) is 25.7 Å². The number of carbonyl (C=O) groups excluding carboxylic acids is 1. The lowest BCUT2D eigenvalue weighted by atomic mass is 10.1. The fraction of sp³-hybridized carbons (Fsp3) is 0.200. The quantitative estimate of drug-likeness (QED) is 0.204. The molecule has 4 N–H and O–H groups in total. The van der Waals surface area contributed by atoms with E-state index in [0.717, 1.165) is 24.3 Å². The number of hydrogen-bond donors (Lipinski definition) is 3. The third-order valence-electron chi connectivity index (χ3n) is 5.05. The molecule has 0 heterocycles. The minimum atomic E-state index is -4.64. The summed E-state index contributed by atoms with van der Waals surface area (Å²) in [5, 5.41) is 9.93. The van der Waals surface area contributed by atoms with Gasteiger partial charge in [-0.1, -0.05) is 30.3 Å². The van der Waals surface area contributed by atoms with Gasteiger partial charge in [0.2, 0.25) is 0 Å². The van der Waals surface area contributed by atoms with Crippen molar-refractivity contribution < 1.29 is 36.2 Å². The second-order valence-corrected chi connectivity index (χ2v) is 7.56. The van der Waals surface area contributed by atoms with E-state index in [0.29, 0.717) is 17.2 Å². The number of benzene rings is 3. The van der Waals surface area contributed by atoms with Crippen molar-refractivity contribution in [2.24, 2.45) is 5.73 Å². The first-order chi connectivity index (χ1) is 17.0. The first kappa shape index (κ1) is 26.6. The first-order valence-electron chi connectivity index (χ1n) is 10.7. The van der Waals surface area contributed by atoms with E-state index in [-0.39, 0.29) is 24.7 Å². The fourth-order valence-corrected chi connectivity index (χ4v) is 3.27. The Kier molecular flexibility index (Phi) is 8.25. The fourth-order valence-electron chi connectivity index (χ4n) is 3.27. The van der Waals surface area contributed by atoms with Gasteiger partial charge in [0.1, 0.15) is 17.4 Å². The van der Waals surface area contributed by atoms with Gasteiger partial charge in [-0.15, -0.1) is 0 Å². The predicted molar refractivity (Wildman–Crippen MR) is 122 cm³/mol. The van der Waals surface area contributed by atoms with Gasteiger partial charge in [0.15, 0.2) is 17.7 Å². The van der Waals surface area contributed by atoms with E-state index in [9.17, 15) is 22.4 Å². The molecule has 0 aliphatic carbocycles.